The first-order valence-corrected chi connectivity index (χ1v) is 9.86. The van der Waals surface area contributed by atoms with Crippen molar-refractivity contribution in [3.8, 4) is 0 Å². The van der Waals surface area contributed by atoms with E-state index >= 15 is 0 Å². The molecule has 0 aromatic rings. The van der Waals surface area contributed by atoms with Crippen molar-refractivity contribution < 1.29 is 0 Å². The molecule has 1 nitrogen and oxygen atoms in total. The molecule has 1 saturated heterocycles. The highest BCUT2D eigenvalue weighted by atomic mass is 28.5. The van der Waals surface area contributed by atoms with Gasteiger partial charge in [0.05, 0.1) is 8.07 Å². The Balaban J connectivity index is 2.69. The maximum Gasteiger partial charge on any atom is 0.147 e. The fraction of sp³-hybridized carbons (Fsp3) is 0.556. The molecular formula is C9H19NSi2. The van der Waals surface area contributed by atoms with E-state index in [9.17, 15) is 0 Å². The van der Waals surface area contributed by atoms with Crippen LogP contribution in [-0.4, -0.2) is 35.0 Å². The van der Waals surface area contributed by atoms with Crippen LogP contribution in [0.2, 0.25) is 17.9 Å². The summed E-state index contributed by atoms with van der Waals surface area (Å²) >= 11 is 0. The monoisotopic (exact) mass is 197 g/mol. The molecule has 1 aliphatic rings. The van der Waals surface area contributed by atoms with E-state index in [-0.39, 0.29) is 0 Å². The molecule has 0 atom stereocenters. The number of rotatable bonds is 3. The second-order valence-corrected chi connectivity index (χ2v) is 14.5. The molecule has 1 fully saturated rings. The smallest absolute Gasteiger partial charge is 0.147 e. The van der Waals surface area contributed by atoms with Gasteiger partial charge >= 0.3 is 0 Å². The van der Waals surface area contributed by atoms with Crippen LogP contribution >= 0.6 is 0 Å². The third-order valence-corrected chi connectivity index (χ3v) is 18.1. The van der Waals surface area contributed by atoms with Gasteiger partial charge in [0.15, 0.2) is 0 Å². The van der Waals surface area contributed by atoms with Gasteiger partial charge in [-0.3, -0.25) is 0 Å². The summed E-state index contributed by atoms with van der Waals surface area (Å²) in [6, 6.07) is 0. The Morgan fingerprint density at radius 2 is 1.67 bits per heavy atom. The van der Waals surface area contributed by atoms with Crippen molar-refractivity contribution >= 4 is 16.3 Å². The number of hydrogen-bond acceptors (Lipinski definition) is 1. The van der Waals surface area contributed by atoms with Crippen molar-refractivity contribution in [3.63, 3.8) is 0 Å². The van der Waals surface area contributed by atoms with Crippen LogP contribution in [0.25, 0.3) is 0 Å². The molecule has 0 unspecified atom stereocenters. The van der Waals surface area contributed by atoms with E-state index < -0.39 is 16.3 Å². The lowest BCUT2D eigenvalue weighted by atomic mass is 11.2. The molecule has 68 valence electrons. The summed E-state index contributed by atoms with van der Waals surface area (Å²) in [5.74, 6) is 0. The van der Waals surface area contributed by atoms with Gasteiger partial charge in [-0.2, -0.15) is 0 Å². The lowest BCUT2D eigenvalue weighted by Crippen LogP contribution is -2.66. The largest absolute Gasteiger partial charge is 0.326 e. The predicted molar refractivity (Wildman–Crippen MR) is 61.1 cm³/mol. The average molecular weight is 197 g/mol. The van der Waals surface area contributed by atoms with Gasteiger partial charge in [0.1, 0.15) is 8.24 Å². The van der Waals surface area contributed by atoms with Gasteiger partial charge in [-0.05, 0) is 25.4 Å². The summed E-state index contributed by atoms with van der Waals surface area (Å²) in [5, 5.41) is 0. The van der Waals surface area contributed by atoms with Gasteiger partial charge in [0.2, 0.25) is 0 Å². The minimum absolute atomic E-state index is 0.977. The highest BCUT2D eigenvalue weighted by Gasteiger charge is 2.53. The maximum atomic E-state index is 3.98. The van der Waals surface area contributed by atoms with Crippen molar-refractivity contribution in [1.29, 1.82) is 0 Å². The topological polar surface area (TPSA) is 3.24 Å². The third-order valence-electron chi connectivity index (χ3n) is 3.18. The van der Waals surface area contributed by atoms with Crippen LogP contribution in [0.5, 0.6) is 0 Å². The van der Waals surface area contributed by atoms with Crippen LogP contribution in [0.3, 0.4) is 0 Å². The van der Waals surface area contributed by atoms with E-state index in [1.165, 1.54) is 11.3 Å². The molecule has 0 N–H and O–H groups in total. The fourth-order valence-corrected chi connectivity index (χ4v) is 18.1. The zero-order chi connectivity index (χ0) is 9.41. The van der Waals surface area contributed by atoms with E-state index in [0.29, 0.717) is 0 Å². The molecule has 0 aliphatic carbocycles. The molecule has 0 bridgehead atoms. The highest BCUT2D eigenvalue weighted by molar-refractivity contribution is 7.16. The maximum absolute atomic E-state index is 3.98. The quantitative estimate of drug-likeness (QED) is 0.627. The number of nitrogens with zero attached hydrogens (tertiary/aromatic N) is 1. The molecule has 0 radical (unpaired) electrons. The third kappa shape index (κ3) is 1.36. The zero-order valence-corrected chi connectivity index (χ0v) is 10.4. The summed E-state index contributed by atoms with van der Waals surface area (Å²) in [7, 11) is 2.26. The van der Waals surface area contributed by atoms with E-state index in [1.54, 1.807) is 0 Å². The highest BCUT2D eigenvalue weighted by Crippen LogP contribution is 2.42. The van der Waals surface area contributed by atoms with Gasteiger partial charge in [0.25, 0.3) is 0 Å². The molecule has 0 aromatic carbocycles. The van der Waals surface area contributed by atoms with Crippen LogP contribution in [0.1, 0.15) is 0 Å². The SMILES string of the molecule is C=C[Si]1(C)C[Si](C=C)(N(C)C)C1. The van der Waals surface area contributed by atoms with Gasteiger partial charge in [-0.25, -0.2) is 0 Å². The minimum atomic E-state index is -1.16. The van der Waals surface area contributed by atoms with Crippen molar-refractivity contribution in [2.45, 2.75) is 17.9 Å². The molecule has 1 heterocycles. The van der Waals surface area contributed by atoms with Gasteiger partial charge in [-0.15, -0.1) is 18.9 Å². The van der Waals surface area contributed by atoms with Crippen LogP contribution in [-0.2, 0) is 0 Å². The Kier molecular flexibility index (Phi) is 2.47. The van der Waals surface area contributed by atoms with Crippen LogP contribution in [0.4, 0.5) is 0 Å². The van der Waals surface area contributed by atoms with Crippen LogP contribution in [0, 0.1) is 0 Å². The zero-order valence-electron chi connectivity index (χ0n) is 8.43. The Morgan fingerprint density at radius 3 is 1.92 bits per heavy atom. The second kappa shape index (κ2) is 2.98. The lowest BCUT2D eigenvalue weighted by molar-refractivity contribution is 0.619. The Hall–Kier alpha value is -0.126. The molecule has 0 spiro atoms. The van der Waals surface area contributed by atoms with Crippen LogP contribution in [0.15, 0.2) is 24.6 Å². The summed E-state index contributed by atoms with van der Waals surface area (Å²) < 4.78 is 2.43. The molecule has 1 rings (SSSR count). The minimum Gasteiger partial charge on any atom is -0.326 e. The van der Waals surface area contributed by atoms with Gasteiger partial charge in [0, 0.05) is 0 Å². The van der Waals surface area contributed by atoms with Crippen molar-refractivity contribution in [1.82, 2.24) is 4.57 Å². The Labute approximate surface area is 77.9 Å². The van der Waals surface area contributed by atoms with E-state index in [2.05, 4.69) is 49.8 Å². The van der Waals surface area contributed by atoms with Crippen molar-refractivity contribution in [3.05, 3.63) is 24.6 Å². The first-order chi connectivity index (χ1) is 5.48. The van der Waals surface area contributed by atoms with Crippen molar-refractivity contribution in [2.75, 3.05) is 14.1 Å². The molecule has 0 aromatic heterocycles. The Morgan fingerprint density at radius 1 is 1.17 bits per heavy atom. The van der Waals surface area contributed by atoms with Gasteiger partial charge in [-0.1, -0.05) is 12.2 Å². The molecule has 3 heteroatoms. The standard InChI is InChI=1S/C9H19NSi2/c1-6-11(5)8-12(7-2,9-11)10(3)4/h6-7H,1-2,8-9H2,3-5H3. The lowest BCUT2D eigenvalue weighted by Gasteiger charge is -2.52. The van der Waals surface area contributed by atoms with Crippen molar-refractivity contribution in [2.24, 2.45) is 0 Å². The normalized spacial score (nSPS) is 40.7. The molecule has 0 amide bonds. The molecular weight excluding hydrogens is 178 g/mol. The first kappa shape index (κ1) is 9.96. The number of hydrogen-bond donors (Lipinski definition) is 0. The van der Waals surface area contributed by atoms with E-state index in [4.69, 9.17) is 0 Å². The summed E-state index contributed by atoms with van der Waals surface area (Å²) in [6.07, 6.45) is 0. The molecule has 1 aliphatic heterocycles. The van der Waals surface area contributed by atoms with E-state index in [1.807, 2.05) is 0 Å². The predicted octanol–water partition coefficient (Wildman–Crippen LogP) is 2.11. The van der Waals surface area contributed by atoms with E-state index in [0.717, 1.165) is 0 Å². The molecule has 12 heavy (non-hydrogen) atoms. The molecule has 0 saturated carbocycles. The van der Waals surface area contributed by atoms with Gasteiger partial charge < -0.3 is 4.57 Å². The average Bonchev–Trinajstić information content (AvgIpc) is 1.98. The second-order valence-electron chi connectivity index (χ2n) is 4.41. The fourth-order valence-electron chi connectivity index (χ4n) is 2.13. The Bertz CT molecular complexity index is 205. The summed E-state index contributed by atoms with van der Waals surface area (Å²) in [6.45, 7) is 10.4. The summed E-state index contributed by atoms with van der Waals surface area (Å²) in [4.78, 5) is 0. The van der Waals surface area contributed by atoms with Crippen LogP contribution < -0.4 is 0 Å². The summed E-state index contributed by atoms with van der Waals surface area (Å²) in [5.41, 5.74) is 7.34. The first-order valence-electron chi connectivity index (χ1n) is 4.43.